The van der Waals surface area contributed by atoms with Gasteiger partial charge >= 0.3 is 17.9 Å². The maximum absolute atomic E-state index is 12.8. The summed E-state index contributed by atoms with van der Waals surface area (Å²) in [5, 5.41) is 0. The second-order valence-corrected chi connectivity index (χ2v) is 19.9. The Hall–Kier alpha value is -3.41. The molecule has 1 unspecified atom stereocenters. The van der Waals surface area contributed by atoms with Crippen LogP contribution in [0.2, 0.25) is 0 Å². The van der Waals surface area contributed by atoms with Gasteiger partial charge in [0.05, 0.1) is 0 Å². The van der Waals surface area contributed by atoms with Crippen molar-refractivity contribution in [2.75, 3.05) is 13.2 Å². The van der Waals surface area contributed by atoms with Crippen LogP contribution in [0.3, 0.4) is 0 Å². The van der Waals surface area contributed by atoms with E-state index in [9.17, 15) is 14.4 Å². The summed E-state index contributed by atoms with van der Waals surface area (Å²) in [7, 11) is 0. The molecule has 0 radical (unpaired) electrons. The summed E-state index contributed by atoms with van der Waals surface area (Å²) in [5.41, 5.74) is 0. The third-order valence-corrected chi connectivity index (χ3v) is 12.9. The molecule has 0 saturated heterocycles. The minimum atomic E-state index is -0.778. The van der Waals surface area contributed by atoms with E-state index in [1.807, 2.05) is 0 Å². The van der Waals surface area contributed by atoms with E-state index in [0.717, 1.165) is 103 Å². The Labute approximate surface area is 439 Å². The van der Waals surface area contributed by atoms with Gasteiger partial charge in [0.25, 0.3) is 0 Å². The van der Waals surface area contributed by atoms with E-state index in [0.29, 0.717) is 19.3 Å². The van der Waals surface area contributed by atoms with E-state index in [-0.39, 0.29) is 31.1 Å². The predicted molar refractivity (Wildman–Crippen MR) is 307 cm³/mol. The number of esters is 3. The van der Waals surface area contributed by atoms with E-state index in [1.165, 1.54) is 148 Å². The van der Waals surface area contributed by atoms with Gasteiger partial charge in [0.15, 0.2) is 6.10 Å². The molecule has 1 atom stereocenters. The fraction of sp³-hybridized carbons (Fsp3) is 0.738. The van der Waals surface area contributed by atoms with E-state index in [2.05, 4.69) is 106 Å². The van der Waals surface area contributed by atoms with Crippen LogP contribution in [0.5, 0.6) is 0 Å². The van der Waals surface area contributed by atoms with Crippen LogP contribution in [-0.2, 0) is 28.6 Å². The van der Waals surface area contributed by atoms with Crippen molar-refractivity contribution in [1.82, 2.24) is 0 Å². The third kappa shape index (κ3) is 57.4. The van der Waals surface area contributed by atoms with E-state index < -0.39 is 6.10 Å². The van der Waals surface area contributed by atoms with Gasteiger partial charge in [-0.1, -0.05) is 260 Å². The number of hydrogen-bond donors (Lipinski definition) is 0. The number of hydrogen-bond acceptors (Lipinski definition) is 6. The molecule has 0 rings (SSSR count). The van der Waals surface area contributed by atoms with Gasteiger partial charge in [0.2, 0.25) is 0 Å². The third-order valence-electron chi connectivity index (χ3n) is 12.9. The molecular weight excluding hydrogens is 877 g/mol. The van der Waals surface area contributed by atoms with Crippen molar-refractivity contribution >= 4 is 17.9 Å². The first-order valence-electron chi connectivity index (χ1n) is 30.1. The SMILES string of the molecule is CC/C=C\C/C=C\C/C=C\C/C=C\C/C=C\C/C=C\CCCCCCCCCCC(=O)OCC(COC(=O)CCCCCCCCC)OC(=O)CCCCCCCCCCC/C=C\CCCCCCCC. The Kier molecular flexibility index (Phi) is 56.3. The minimum Gasteiger partial charge on any atom is -0.462 e. The fourth-order valence-electron chi connectivity index (χ4n) is 8.38. The van der Waals surface area contributed by atoms with Crippen molar-refractivity contribution in [3.63, 3.8) is 0 Å². The van der Waals surface area contributed by atoms with Crippen LogP contribution >= 0.6 is 0 Å². The zero-order valence-electron chi connectivity index (χ0n) is 46.7. The lowest BCUT2D eigenvalue weighted by molar-refractivity contribution is -0.167. The van der Waals surface area contributed by atoms with Crippen molar-refractivity contribution < 1.29 is 28.6 Å². The highest BCUT2D eigenvalue weighted by molar-refractivity contribution is 5.71. The summed E-state index contributed by atoms with van der Waals surface area (Å²) in [5.74, 6) is -0.888. The van der Waals surface area contributed by atoms with Gasteiger partial charge in [0, 0.05) is 19.3 Å². The zero-order chi connectivity index (χ0) is 51.4. The molecule has 0 aliphatic heterocycles. The van der Waals surface area contributed by atoms with Gasteiger partial charge in [-0.2, -0.15) is 0 Å². The molecule has 0 bridgehead atoms. The van der Waals surface area contributed by atoms with Crippen molar-refractivity contribution in [2.24, 2.45) is 0 Å². The normalized spacial score (nSPS) is 12.7. The highest BCUT2D eigenvalue weighted by Gasteiger charge is 2.19. The molecule has 6 heteroatoms. The second kappa shape index (κ2) is 59.2. The van der Waals surface area contributed by atoms with E-state index in [4.69, 9.17) is 14.2 Å². The number of carbonyl (C=O) groups excluding carboxylic acids is 3. The average molecular weight is 990 g/mol. The Bertz CT molecular complexity index is 1370. The van der Waals surface area contributed by atoms with Gasteiger partial charge in [-0.25, -0.2) is 0 Å². The van der Waals surface area contributed by atoms with Crippen LogP contribution in [0.25, 0.3) is 0 Å². The van der Waals surface area contributed by atoms with Gasteiger partial charge < -0.3 is 14.2 Å². The zero-order valence-corrected chi connectivity index (χ0v) is 46.7. The molecule has 0 aromatic heterocycles. The lowest BCUT2D eigenvalue weighted by Crippen LogP contribution is -2.30. The van der Waals surface area contributed by atoms with Crippen molar-refractivity contribution in [3.8, 4) is 0 Å². The van der Waals surface area contributed by atoms with Crippen molar-refractivity contribution in [2.45, 2.75) is 297 Å². The Morgan fingerprint density at radius 2 is 0.549 bits per heavy atom. The molecule has 71 heavy (non-hydrogen) atoms. The first-order valence-corrected chi connectivity index (χ1v) is 30.1. The van der Waals surface area contributed by atoms with E-state index >= 15 is 0 Å². The summed E-state index contributed by atoms with van der Waals surface area (Å²) < 4.78 is 16.8. The van der Waals surface area contributed by atoms with Crippen molar-refractivity contribution in [3.05, 3.63) is 85.1 Å². The lowest BCUT2D eigenvalue weighted by atomic mass is 10.1. The topological polar surface area (TPSA) is 78.9 Å². The monoisotopic (exact) mass is 989 g/mol. The number of unbranched alkanes of at least 4 members (excludes halogenated alkanes) is 29. The molecular formula is C65H112O6. The maximum atomic E-state index is 12.8. The number of carbonyl (C=O) groups is 3. The van der Waals surface area contributed by atoms with Crippen LogP contribution in [0.1, 0.15) is 290 Å². The highest BCUT2D eigenvalue weighted by Crippen LogP contribution is 2.15. The van der Waals surface area contributed by atoms with Crippen LogP contribution < -0.4 is 0 Å². The summed E-state index contributed by atoms with van der Waals surface area (Å²) >= 11 is 0. The average Bonchev–Trinajstić information content (AvgIpc) is 3.37. The standard InChI is InChI=1S/C65H112O6/c1-4-7-10-13-16-18-20-22-24-26-28-29-30-31-32-33-34-35-37-38-40-42-44-46-49-52-55-58-64(67)70-61-62(60-69-63(66)57-54-51-48-15-12-9-6-3)71-65(68)59-56-53-50-47-45-43-41-39-36-27-25-23-21-19-17-14-11-8-5-2/h7,10,16,18,22-25,28-29,31-32,34-35,62H,4-6,8-9,11-15,17,19-21,26-27,30,33,36-61H2,1-3H3/b10-7-,18-16-,24-22-,25-23-,29-28-,32-31-,35-34-. The van der Waals surface area contributed by atoms with Gasteiger partial charge in [-0.05, 0) is 96.3 Å². The fourth-order valence-corrected chi connectivity index (χ4v) is 8.38. The molecule has 0 amide bonds. The summed E-state index contributed by atoms with van der Waals surface area (Å²) in [6, 6.07) is 0. The summed E-state index contributed by atoms with van der Waals surface area (Å²) in [6.07, 6.45) is 77.4. The summed E-state index contributed by atoms with van der Waals surface area (Å²) in [6.45, 7) is 6.49. The number of rotatable bonds is 54. The van der Waals surface area contributed by atoms with Crippen LogP contribution in [0.15, 0.2) is 85.1 Å². The molecule has 0 saturated carbocycles. The Balaban J connectivity index is 4.18. The van der Waals surface area contributed by atoms with Crippen LogP contribution in [0.4, 0.5) is 0 Å². The summed E-state index contributed by atoms with van der Waals surface area (Å²) in [4.78, 5) is 38.0. The Morgan fingerprint density at radius 3 is 0.873 bits per heavy atom. The Morgan fingerprint density at radius 1 is 0.296 bits per heavy atom. The van der Waals surface area contributed by atoms with E-state index in [1.54, 1.807) is 0 Å². The van der Waals surface area contributed by atoms with Crippen molar-refractivity contribution in [1.29, 1.82) is 0 Å². The predicted octanol–water partition coefficient (Wildman–Crippen LogP) is 20.3. The first-order chi connectivity index (χ1) is 35.0. The molecule has 0 aliphatic rings. The maximum Gasteiger partial charge on any atom is 0.306 e. The highest BCUT2D eigenvalue weighted by atomic mass is 16.6. The molecule has 0 aliphatic carbocycles. The molecule has 408 valence electrons. The van der Waals surface area contributed by atoms with Gasteiger partial charge in [-0.15, -0.1) is 0 Å². The number of ether oxygens (including phenoxy) is 3. The minimum absolute atomic E-state index is 0.0782. The molecule has 0 fully saturated rings. The van der Waals surface area contributed by atoms with Crippen LogP contribution in [0, 0.1) is 0 Å². The molecule has 0 heterocycles. The smallest absolute Gasteiger partial charge is 0.306 e. The second-order valence-electron chi connectivity index (χ2n) is 19.9. The van der Waals surface area contributed by atoms with Gasteiger partial charge in [-0.3, -0.25) is 14.4 Å². The largest absolute Gasteiger partial charge is 0.462 e. The van der Waals surface area contributed by atoms with Crippen LogP contribution in [-0.4, -0.2) is 37.2 Å². The molecule has 0 aromatic rings. The quantitative estimate of drug-likeness (QED) is 0.0261. The van der Waals surface area contributed by atoms with Gasteiger partial charge in [0.1, 0.15) is 13.2 Å². The lowest BCUT2D eigenvalue weighted by Gasteiger charge is -2.18. The molecule has 0 aromatic carbocycles. The number of allylic oxidation sites excluding steroid dienone is 14. The molecule has 0 N–H and O–H groups in total. The molecule has 0 spiro atoms. The molecule has 6 nitrogen and oxygen atoms in total. The first kappa shape index (κ1) is 67.6.